The van der Waals surface area contributed by atoms with E-state index in [1.54, 1.807) is 13.2 Å². The summed E-state index contributed by atoms with van der Waals surface area (Å²) < 4.78 is 18.2. The number of rotatable bonds is 7. The molecule has 1 saturated heterocycles. The van der Waals surface area contributed by atoms with Gasteiger partial charge in [0.2, 0.25) is 0 Å². The molecule has 1 aliphatic heterocycles. The van der Waals surface area contributed by atoms with E-state index >= 15 is 0 Å². The molecule has 0 unspecified atom stereocenters. The highest BCUT2D eigenvalue weighted by Crippen LogP contribution is 2.21. The first kappa shape index (κ1) is 16.7. The van der Waals surface area contributed by atoms with Gasteiger partial charge in [-0.15, -0.1) is 0 Å². The number of methoxy groups -OCH3 is 1. The molecule has 0 amide bonds. The number of nitrogens with zero attached hydrogens (tertiary/aromatic N) is 2. The van der Waals surface area contributed by atoms with E-state index in [-0.39, 0.29) is 5.82 Å². The van der Waals surface area contributed by atoms with Crippen LogP contribution in [0, 0.1) is 11.7 Å². The van der Waals surface area contributed by atoms with Crippen LogP contribution in [0.2, 0.25) is 5.02 Å². The van der Waals surface area contributed by atoms with E-state index in [0.29, 0.717) is 10.9 Å². The summed E-state index contributed by atoms with van der Waals surface area (Å²) >= 11 is 6.08. The van der Waals surface area contributed by atoms with Crippen LogP contribution in [0.25, 0.3) is 0 Å². The highest BCUT2D eigenvalue weighted by atomic mass is 35.5. The largest absolute Gasteiger partial charge is 0.383 e. The molecule has 0 bridgehead atoms. The van der Waals surface area contributed by atoms with Crippen LogP contribution in [0.4, 0.5) is 4.39 Å². The van der Waals surface area contributed by atoms with Crippen molar-refractivity contribution in [3.8, 4) is 0 Å². The van der Waals surface area contributed by atoms with Crippen LogP contribution in [-0.2, 0) is 11.3 Å². The fourth-order valence-corrected chi connectivity index (χ4v) is 3.16. The Morgan fingerprint density at radius 2 is 2.29 bits per heavy atom. The molecular formula is C16H24ClFN2O. The lowest BCUT2D eigenvalue weighted by atomic mass is 10.1. The van der Waals surface area contributed by atoms with Crippen LogP contribution in [0.5, 0.6) is 0 Å². The van der Waals surface area contributed by atoms with Crippen molar-refractivity contribution in [2.24, 2.45) is 5.92 Å². The number of hydrogen-bond donors (Lipinski definition) is 0. The monoisotopic (exact) mass is 314 g/mol. The number of likely N-dealkylation sites (tertiary alicyclic amines) is 1. The van der Waals surface area contributed by atoms with Crippen LogP contribution in [0.15, 0.2) is 18.2 Å². The van der Waals surface area contributed by atoms with Gasteiger partial charge in [-0.1, -0.05) is 17.7 Å². The molecule has 21 heavy (non-hydrogen) atoms. The molecule has 1 atom stereocenters. The minimum absolute atomic E-state index is 0.281. The van der Waals surface area contributed by atoms with Gasteiger partial charge in [-0.3, -0.25) is 0 Å². The lowest BCUT2D eigenvalue weighted by Gasteiger charge is -2.22. The van der Waals surface area contributed by atoms with Crippen molar-refractivity contribution in [3.05, 3.63) is 34.6 Å². The normalized spacial score (nSPS) is 19.6. The molecule has 0 spiro atoms. The highest BCUT2D eigenvalue weighted by Gasteiger charge is 2.23. The van der Waals surface area contributed by atoms with Gasteiger partial charge in [0, 0.05) is 38.3 Å². The first-order valence-corrected chi connectivity index (χ1v) is 7.80. The third-order valence-corrected chi connectivity index (χ3v) is 4.36. The molecule has 3 nitrogen and oxygen atoms in total. The van der Waals surface area contributed by atoms with Gasteiger partial charge in [-0.2, -0.15) is 0 Å². The number of benzene rings is 1. The fraction of sp³-hybridized carbons (Fsp3) is 0.625. The molecule has 0 saturated carbocycles. The number of halogens is 2. The van der Waals surface area contributed by atoms with Gasteiger partial charge in [-0.05, 0) is 43.6 Å². The van der Waals surface area contributed by atoms with Crippen LogP contribution in [-0.4, -0.2) is 56.7 Å². The van der Waals surface area contributed by atoms with Gasteiger partial charge >= 0.3 is 0 Å². The lowest BCUT2D eigenvalue weighted by Crippen LogP contribution is -2.29. The van der Waals surface area contributed by atoms with Crippen molar-refractivity contribution in [2.75, 3.05) is 46.9 Å². The second kappa shape index (κ2) is 8.08. The minimum Gasteiger partial charge on any atom is -0.383 e. The Balaban J connectivity index is 1.78. The Labute approximate surface area is 131 Å². The predicted octanol–water partition coefficient (Wildman–Crippen LogP) is 2.88. The summed E-state index contributed by atoms with van der Waals surface area (Å²) in [6.45, 7) is 5.89. The Kier molecular flexibility index (Phi) is 6.42. The third kappa shape index (κ3) is 5.22. The van der Waals surface area contributed by atoms with E-state index in [0.717, 1.165) is 44.9 Å². The van der Waals surface area contributed by atoms with E-state index < -0.39 is 0 Å². The third-order valence-electron chi connectivity index (χ3n) is 4.01. The zero-order chi connectivity index (χ0) is 15.2. The van der Waals surface area contributed by atoms with Crippen molar-refractivity contribution in [1.82, 2.24) is 9.80 Å². The van der Waals surface area contributed by atoms with E-state index in [1.807, 2.05) is 0 Å². The molecule has 0 aliphatic carbocycles. The van der Waals surface area contributed by atoms with Crippen molar-refractivity contribution < 1.29 is 9.13 Å². The molecular weight excluding hydrogens is 291 g/mol. The van der Waals surface area contributed by atoms with Crippen LogP contribution in [0.3, 0.4) is 0 Å². The topological polar surface area (TPSA) is 15.7 Å². The Morgan fingerprint density at radius 3 is 3.00 bits per heavy atom. The summed E-state index contributed by atoms with van der Waals surface area (Å²) in [7, 11) is 3.84. The number of hydrogen-bond acceptors (Lipinski definition) is 3. The Morgan fingerprint density at radius 1 is 1.48 bits per heavy atom. The Bertz CT molecular complexity index is 458. The van der Waals surface area contributed by atoms with Crippen LogP contribution in [0.1, 0.15) is 12.0 Å². The smallest absolute Gasteiger partial charge is 0.124 e. The molecule has 5 heteroatoms. The molecule has 0 radical (unpaired) electrons. The van der Waals surface area contributed by atoms with Crippen LogP contribution < -0.4 is 0 Å². The maximum Gasteiger partial charge on any atom is 0.124 e. The molecule has 1 aliphatic rings. The molecule has 118 valence electrons. The van der Waals surface area contributed by atoms with Gasteiger partial charge in [0.25, 0.3) is 0 Å². The van der Waals surface area contributed by atoms with Gasteiger partial charge in [0.1, 0.15) is 5.82 Å². The average molecular weight is 315 g/mol. The van der Waals surface area contributed by atoms with E-state index in [2.05, 4.69) is 16.8 Å². The van der Waals surface area contributed by atoms with E-state index in [9.17, 15) is 4.39 Å². The van der Waals surface area contributed by atoms with Crippen molar-refractivity contribution in [1.29, 1.82) is 0 Å². The SMILES string of the molecule is COCCN1CC[C@@H](CN(C)Cc2ccc(F)cc2Cl)C1. The molecule has 0 N–H and O–H groups in total. The molecule has 1 fully saturated rings. The van der Waals surface area contributed by atoms with Gasteiger partial charge < -0.3 is 14.5 Å². The first-order valence-electron chi connectivity index (χ1n) is 7.42. The van der Waals surface area contributed by atoms with Crippen molar-refractivity contribution >= 4 is 11.6 Å². The van der Waals surface area contributed by atoms with Crippen LogP contribution >= 0.6 is 11.6 Å². The summed E-state index contributed by atoms with van der Waals surface area (Å²) in [5.41, 5.74) is 0.981. The summed E-state index contributed by atoms with van der Waals surface area (Å²) in [5, 5.41) is 0.509. The molecule has 1 aromatic carbocycles. The standard InChI is InChI=1S/C16H24ClFN2O/c1-19(12-14-3-4-15(18)9-16(14)17)10-13-5-6-20(11-13)7-8-21-2/h3-4,9,13H,5-8,10-12H2,1-2H3/t13-/m0/s1. The molecule has 1 heterocycles. The van der Waals surface area contributed by atoms with E-state index in [4.69, 9.17) is 16.3 Å². The number of ether oxygens (including phenoxy) is 1. The molecule has 1 aromatic rings. The fourth-order valence-electron chi connectivity index (χ4n) is 2.93. The van der Waals surface area contributed by atoms with Gasteiger partial charge in [0.15, 0.2) is 0 Å². The quantitative estimate of drug-likeness (QED) is 0.769. The summed E-state index contributed by atoms with van der Waals surface area (Å²) in [6, 6.07) is 4.62. The molecule has 2 rings (SSSR count). The van der Waals surface area contributed by atoms with Gasteiger partial charge in [-0.25, -0.2) is 4.39 Å². The Hall–Kier alpha value is -0.680. The maximum absolute atomic E-state index is 13.0. The zero-order valence-electron chi connectivity index (χ0n) is 12.8. The lowest BCUT2D eigenvalue weighted by molar-refractivity contribution is 0.157. The second-order valence-corrected chi connectivity index (χ2v) is 6.29. The predicted molar refractivity (Wildman–Crippen MR) is 84.2 cm³/mol. The van der Waals surface area contributed by atoms with Gasteiger partial charge in [0.05, 0.1) is 6.61 Å². The summed E-state index contributed by atoms with van der Waals surface area (Å²) in [4.78, 5) is 4.72. The van der Waals surface area contributed by atoms with Crippen molar-refractivity contribution in [3.63, 3.8) is 0 Å². The average Bonchev–Trinajstić information content (AvgIpc) is 2.87. The minimum atomic E-state index is -0.281. The molecule has 0 aromatic heterocycles. The highest BCUT2D eigenvalue weighted by molar-refractivity contribution is 6.31. The van der Waals surface area contributed by atoms with E-state index in [1.165, 1.54) is 18.6 Å². The second-order valence-electron chi connectivity index (χ2n) is 5.88. The van der Waals surface area contributed by atoms with Crippen molar-refractivity contribution in [2.45, 2.75) is 13.0 Å². The first-order chi connectivity index (χ1) is 10.1. The summed E-state index contributed by atoms with van der Waals surface area (Å²) in [6.07, 6.45) is 1.23. The summed E-state index contributed by atoms with van der Waals surface area (Å²) in [5.74, 6) is 0.405. The maximum atomic E-state index is 13.0. The zero-order valence-corrected chi connectivity index (χ0v) is 13.6.